The molecule has 0 amide bonds. The molecule has 0 spiro atoms. The molecule has 3 rings (SSSR count). The summed E-state index contributed by atoms with van der Waals surface area (Å²) < 4.78 is 0. The molecule has 3 aliphatic rings. The van der Waals surface area contributed by atoms with Gasteiger partial charge in [-0.3, -0.25) is 4.99 Å². The molecule has 0 bridgehead atoms. The molecule has 146 valence electrons. The summed E-state index contributed by atoms with van der Waals surface area (Å²) in [5.74, 6) is 1.07. The van der Waals surface area contributed by atoms with Crippen molar-refractivity contribution < 1.29 is 0 Å². The van der Waals surface area contributed by atoms with Crippen molar-refractivity contribution in [2.75, 3.05) is 19.6 Å². The molecule has 1 heterocycles. The first kappa shape index (κ1) is 19.9. The Labute approximate surface area is 161 Å². The number of unbranched alkanes of at least 4 members (excludes halogenated alkanes) is 3. The van der Waals surface area contributed by atoms with Crippen LogP contribution in [0.1, 0.15) is 96.8 Å². The fraction of sp³-hybridized carbons (Fsp3) is 0.792. The molecule has 2 nitrogen and oxygen atoms in total. The highest BCUT2D eigenvalue weighted by atomic mass is 15.2. The molecular formula is C24H40N2. The molecule has 0 aromatic rings. The van der Waals surface area contributed by atoms with E-state index in [-0.39, 0.29) is 0 Å². The highest BCUT2D eigenvalue weighted by Crippen LogP contribution is 2.29. The lowest BCUT2D eigenvalue weighted by atomic mass is 9.98. The van der Waals surface area contributed by atoms with E-state index in [1.807, 2.05) is 0 Å². The SMILES string of the molecule is CC(CCCCCCC1CCCC1)=NC1=C(CCN2CCC2)CCC=C1. The molecule has 0 aromatic carbocycles. The number of likely N-dealkylation sites (tertiary alicyclic amines) is 1. The van der Waals surface area contributed by atoms with Crippen LogP contribution in [0.5, 0.6) is 0 Å². The van der Waals surface area contributed by atoms with Crippen molar-refractivity contribution in [3.05, 3.63) is 23.4 Å². The van der Waals surface area contributed by atoms with Crippen LogP contribution < -0.4 is 0 Å². The third-order valence-electron chi connectivity index (χ3n) is 6.62. The van der Waals surface area contributed by atoms with Crippen molar-refractivity contribution in [3.63, 3.8) is 0 Å². The molecule has 1 aliphatic heterocycles. The molecular weight excluding hydrogens is 316 g/mol. The standard InChI is InChI=1S/C24H40N2/c1-21(11-4-2-3-5-12-22-13-6-7-14-22)25-24-16-9-8-15-23(24)17-20-26-18-10-19-26/h9,16,22H,2-8,10-15,17-20H2,1H3. The van der Waals surface area contributed by atoms with Crippen molar-refractivity contribution >= 4 is 5.71 Å². The largest absolute Gasteiger partial charge is 0.303 e. The Kier molecular flexibility index (Phi) is 8.45. The van der Waals surface area contributed by atoms with Gasteiger partial charge in [0, 0.05) is 12.3 Å². The van der Waals surface area contributed by atoms with Crippen LogP contribution in [0.4, 0.5) is 0 Å². The second-order valence-electron chi connectivity index (χ2n) is 8.83. The topological polar surface area (TPSA) is 15.6 Å². The Bertz CT molecular complexity index is 504. The summed E-state index contributed by atoms with van der Waals surface area (Å²) >= 11 is 0. The van der Waals surface area contributed by atoms with Crippen LogP contribution >= 0.6 is 0 Å². The van der Waals surface area contributed by atoms with Crippen LogP contribution in [-0.2, 0) is 0 Å². The number of aliphatic imine (C=N–C) groups is 1. The maximum absolute atomic E-state index is 5.01. The van der Waals surface area contributed by atoms with Crippen molar-refractivity contribution in [2.24, 2.45) is 10.9 Å². The molecule has 0 atom stereocenters. The smallest absolute Gasteiger partial charge is 0.0618 e. The molecule has 0 aromatic heterocycles. The zero-order chi connectivity index (χ0) is 18.0. The van der Waals surface area contributed by atoms with Gasteiger partial charge in [0.2, 0.25) is 0 Å². The quantitative estimate of drug-likeness (QED) is 0.298. The first-order chi connectivity index (χ1) is 12.8. The van der Waals surface area contributed by atoms with Crippen LogP contribution in [0.3, 0.4) is 0 Å². The molecule has 26 heavy (non-hydrogen) atoms. The van der Waals surface area contributed by atoms with Crippen LogP contribution in [0.25, 0.3) is 0 Å². The van der Waals surface area contributed by atoms with Crippen molar-refractivity contribution in [3.8, 4) is 0 Å². The van der Waals surface area contributed by atoms with Gasteiger partial charge in [0.05, 0.1) is 5.70 Å². The summed E-state index contributed by atoms with van der Waals surface area (Å²) in [5.41, 5.74) is 4.22. The van der Waals surface area contributed by atoms with Gasteiger partial charge in [-0.1, -0.05) is 57.4 Å². The van der Waals surface area contributed by atoms with E-state index >= 15 is 0 Å². The Morgan fingerprint density at radius 2 is 1.88 bits per heavy atom. The summed E-state index contributed by atoms with van der Waals surface area (Å²) in [5, 5.41) is 0. The normalized spacial score (nSPS) is 22.3. The van der Waals surface area contributed by atoms with E-state index in [1.54, 1.807) is 5.57 Å². The minimum Gasteiger partial charge on any atom is -0.303 e. The summed E-state index contributed by atoms with van der Waals surface area (Å²) in [4.78, 5) is 7.59. The lowest BCUT2D eigenvalue weighted by molar-refractivity contribution is 0.183. The van der Waals surface area contributed by atoms with Gasteiger partial charge in [0.15, 0.2) is 0 Å². The Morgan fingerprint density at radius 1 is 1.08 bits per heavy atom. The third-order valence-corrected chi connectivity index (χ3v) is 6.62. The van der Waals surface area contributed by atoms with E-state index in [4.69, 9.17) is 4.99 Å². The molecule has 2 heteroatoms. The zero-order valence-corrected chi connectivity index (χ0v) is 17.1. The van der Waals surface area contributed by atoms with E-state index in [0.29, 0.717) is 0 Å². The van der Waals surface area contributed by atoms with Gasteiger partial charge in [-0.15, -0.1) is 0 Å². The molecule has 0 N–H and O–H groups in total. The second-order valence-corrected chi connectivity index (χ2v) is 8.83. The lowest BCUT2D eigenvalue weighted by Gasteiger charge is -2.31. The first-order valence-corrected chi connectivity index (χ1v) is 11.5. The predicted molar refractivity (Wildman–Crippen MR) is 114 cm³/mol. The fourth-order valence-corrected chi connectivity index (χ4v) is 4.69. The molecule has 2 fully saturated rings. The molecule has 2 aliphatic carbocycles. The third kappa shape index (κ3) is 6.68. The Morgan fingerprint density at radius 3 is 2.65 bits per heavy atom. The lowest BCUT2D eigenvalue weighted by Crippen LogP contribution is -2.37. The summed E-state index contributed by atoms with van der Waals surface area (Å²) in [7, 11) is 0. The summed E-state index contributed by atoms with van der Waals surface area (Å²) in [6.07, 6.45) is 23.9. The molecule has 0 radical (unpaired) electrons. The maximum Gasteiger partial charge on any atom is 0.0618 e. The van der Waals surface area contributed by atoms with E-state index in [0.717, 1.165) is 5.92 Å². The van der Waals surface area contributed by atoms with E-state index in [9.17, 15) is 0 Å². The van der Waals surface area contributed by atoms with Crippen LogP contribution in [0, 0.1) is 5.92 Å². The van der Waals surface area contributed by atoms with Gasteiger partial charge in [-0.2, -0.15) is 0 Å². The van der Waals surface area contributed by atoms with Gasteiger partial charge in [-0.05, 0) is 76.1 Å². The molecule has 1 saturated carbocycles. The van der Waals surface area contributed by atoms with Gasteiger partial charge >= 0.3 is 0 Å². The van der Waals surface area contributed by atoms with E-state index < -0.39 is 0 Å². The van der Waals surface area contributed by atoms with E-state index in [2.05, 4.69) is 24.0 Å². The highest BCUT2D eigenvalue weighted by molar-refractivity contribution is 5.83. The second kappa shape index (κ2) is 11.1. The van der Waals surface area contributed by atoms with Crippen molar-refractivity contribution in [1.82, 2.24) is 4.90 Å². The van der Waals surface area contributed by atoms with E-state index in [1.165, 1.54) is 121 Å². The molecule has 0 unspecified atom stereocenters. The van der Waals surface area contributed by atoms with Crippen LogP contribution in [0.15, 0.2) is 28.4 Å². The fourth-order valence-electron chi connectivity index (χ4n) is 4.69. The predicted octanol–water partition coefficient (Wildman–Crippen LogP) is 6.68. The van der Waals surface area contributed by atoms with Gasteiger partial charge in [-0.25, -0.2) is 0 Å². The molecule has 1 saturated heterocycles. The number of rotatable bonds is 11. The Balaban J connectivity index is 1.34. The Hall–Kier alpha value is -0.890. The number of hydrogen-bond acceptors (Lipinski definition) is 2. The monoisotopic (exact) mass is 356 g/mol. The average molecular weight is 357 g/mol. The average Bonchev–Trinajstić information content (AvgIpc) is 3.11. The maximum atomic E-state index is 5.01. The number of allylic oxidation sites excluding steroid dienone is 2. The first-order valence-electron chi connectivity index (χ1n) is 11.5. The van der Waals surface area contributed by atoms with Crippen molar-refractivity contribution in [1.29, 1.82) is 0 Å². The number of hydrogen-bond donors (Lipinski definition) is 0. The minimum atomic E-state index is 1.07. The van der Waals surface area contributed by atoms with Crippen molar-refractivity contribution in [2.45, 2.75) is 96.8 Å². The summed E-state index contributed by atoms with van der Waals surface area (Å²) in [6, 6.07) is 0. The zero-order valence-electron chi connectivity index (χ0n) is 17.1. The van der Waals surface area contributed by atoms with Crippen LogP contribution in [-0.4, -0.2) is 30.2 Å². The van der Waals surface area contributed by atoms with Gasteiger partial charge < -0.3 is 4.90 Å². The highest BCUT2D eigenvalue weighted by Gasteiger charge is 2.16. The number of nitrogens with zero attached hydrogens (tertiary/aromatic N) is 2. The van der Waals surface area contributed by atoms with Gasteiger partial charge in [0.1, 0.15) is 0 Å². The van der Waals surface area contributed by atoms with Gasteiger partial charge in [0.25, 0.3) is 0 Å². The summed E-state index contributed by atoms with van der Waals surface area (Å²) in [6.45, 7) is 6.09. The van der Waals surface area contributed by atoms with Crippen LogP contribution in [0.2, 0.25) is 0 Å². The minimum absolute atomic E-state index is 1.07.